The van der Waals surface area contributed by atoms with Crippen molar-refractivity contribution in [1.82, 2.24) is 4.98 Å². The van der Waals surface area contributed by atoms with Gasteiger partial charge in [-0.3, -0.25) is 0 Å². The van der Waals surface area contributed by atoms with E-state index in [0.717, 1.165) is 0 Å². The smallest absolute Gasteiger partial charge is 0.160 e. The number of nitrogen functional groups attached to an aromatic ring is 1. The second-order valence-corrected chi connectivity index (χ2v) is 2.38. The minimum atomic E-state index is 0.340. The maximum Gasteiger partial charge on any atom is 0.160 e. The van der Waals surface area contributed by atoms with Crippen LogP contribution >= 0.6 is 23.2 Å². The lowest BCUT2D eigenvalue weighted by atomic mass is 10.5. The molecule has 3 N–H and O–H groups in total. The third kappa shape index (κ3) is 1.31. The molecule has 0 saturated carbocycles. The quantitative estimate of drug-likeness (QED) is 0.508. The summed E-state index contributed by atoms with van der Waals surface area (Å²) in [6, 6.07) is 1.59. The second kappa shape index (κ2) is 3.05. The molecule has 0 aromatic carbocycles. The molecule has 1 heterocycles. The van der Waals surface area contributed by atoms with Crippen molar-refractivity contribution < 1.29 is 0 Å². The second-order valence-electron chi connectivity index (χ2n) is 1.60. The molecule has 0 radical (unpaired) electrons. The monoisotopic (exact) mass is 177 g/mol. The number of pyridine rings is 1. The minimum Gasteiger partial charge on any atom is -0.307 e. The third-order valence-electron chi connectivity index (χ3n) is 0.979. The van der Waals surface area contributed by atoms with E-state index in [1.807, 2.05) is 0 Å². The highest BCUT2D eigenvalue weighted by Crippen LogP contribution is 2.26. The summed E-state index contributed by atoms with van der Waals surface area (Å²) < 4.78 is 0. The summed E-state index contributed by atoms with van der Waals surface area (Å²) in [5, 5.41) is 0.774. The molecule has 0 aliphatic rings. The highest BCUT2D eigenvalue weighted by atomic mass is 35.5. The van der Waals surface area contributed by atoms with E-state index >= 15 is 0 Å². The minimum absolute atomic E-state index is 0.340. The Morgan fingerprint density at radius 1 is 1.50 bits per heavy atom. The Morgan fingerprint density at radius 3 is 2.70 bits per heavy atom. The Bertz CT molecular complexity index is 238. The van der Waals surface area contributed by atoms with Crippen LogP contribution in [-0.4, -0.2) is 4.98 Å². The molecule has 0 spiro atoms. The van der Waals surface area contributed by atoms with Crippen LogP contribution in [0.5, 0.6) is 0 Å². The van der Waals surface area contributed by atoms with E-state index in [1.165, 1.54) is 6.20 Å². The Morgan fingerprint density at radius 2 is 2.20 bits per heavy atom. The van der Waals surface area contributed by atoms with Crippen molar-refractivity contribution in [3.8, 4) is 0 Å². The van der Waals surface area contributed by atoms with Crippen LogP contribution < -0.4 is 11.3 Å². The Balaban J connectivity index is 3.14. The average Bonchev–Trinajstić information content (AvgIpc) is 1.95. The molecule has 1 aromatic heterocycles. The van der Waals surface area contributed by atoms with Gasteiger partial charge in [-0.2, -0.15) is 0 Å². The van der Waals surface area contributed by atoms with Gasteiger partial charge >= 0.3 is 0 Å². The highest BCUT2D eigenvalue weighted by molar-refractivity contribution is 6.43. The van der Waals surface area contributed by atoms with Gasteiger partial charge in [-0.25, -0.2) is 10.8 Å². The topological polar surface area (TPSA) is 50.9 Å². The van der Waals surface area contributed by atoms with Crippen molar-refractivity contribution in [2.75, 3.05) is 5.43 Å². The van der Waals surface area contributed by atoms with Gasteiger partial charge in [-0.05, 0) is 6.07 Å². The lowest BCUT2D eigenvalue weighted by Crippen LogP contribution is -2.08. The van der Waals surface area contributed by atoms with Crippen molar-refractivity contribution in [1.29, 1.82) is 0 Å². The molecule has 0 fully saturated rings. The molecule has 0 atom stereocenters. The summed E-state index contributed by atoms with van der Waals surface area (Å²) in [5.74, 6) is 5.45. The van der Waals surface area contributed by atoms with E-state index in [0.29, 0.717) is 15.9 Å². The molecule has 0 unspecified atom stereocenters. The number of nitrogens with zero attached hydrogens (tertiary/aromatic N) is 1. The van der Waals surface area contributed by atoms with E-state index in [2.05, 4.69) is 10.4 Å². The van der Waals surface area contributed by atoms with Gasteiger partial charge in [0.2, 0.25) is 0 Å². The fourth-order valence-corrected chi connectivity index (χ4v) is 0.833. The molecular formula is C5H5Cl2N3. The van der Waals surface area contributed by atoms with Crippen LogP contribution in [0.4, 0.5) is 5.82 Å². The molecule has 1 aromatic rings. The zero-order valence-corrected chi connectivity index (χ0v) is 6.45. The number of nitrogens with two attached hydrogens (primary N) is 1. The number of hydrogen-bond donors (Lipinski definition) is 2. The van der Waals surface area contributed by atoms with Gasteiger partial charge in [0, 0.05) is 6.20 Å². The molecule has 3 nitrogen and oxygen atoms in total. The molecule has 0 aliphatic heterocycles. The standard InChI is InChI=1S/C5H5Cl2N3/c6-3-1-2-9-5(10-8)4(3)7/h1-2H,8H2,(H,9,10). The molecule has 0 bridgehead atoms. The van der Waals surface area contributed by atoms with E-state index in [4.69, 9.17) is 29.0 Å². The lowest BCUT2D eigenvalue weighted by molar-refractivity contribution is 1.23. The first-order valence-electron chi connectivity index (χ1n) is 2.52. The third-order valence-corrected chi connectivity index (χ3v) is 1.77. The number of anilines is 1. The van der Waals surface area contributed by atoms with Crippen LogP contribution in [0.15, 0.2) is 12.3 Å². The number of rotatable bonds is 1. The van der Waals surface area contributed by atoms with Crippen LogP contribution in [0, 0.1) is 0 Å². The summed E-state index contributed by atoms with van der Waals surface area (Å²) >= 11 is 11.3. The van der Waals surface area contributed by atoms with Crippen molar-refractivity contribution in [2.24, 2.45) is 5.84 Å². The average molecular weight is 178 g/mol. The van der Waals surface area contributed by atoms with Gasteiger partial charge in [0.05, 0.1) is 5.02 Å². The Kier molecular flexibility index (Phi) is 2.32. The van der Waals surface area contributed by atoms with Gasteiger partial charge in [0.15, 0.2) is 5.82 Å². The first-order chi connectivity index (χ1) is 4.75. The van der Waals surface area contributed by atoms with E-state index in [9.17, 15) is 0 Å². The van der Waals surface area contributed by atoms with E-state index < -0.39 is 0 Å². The highest BCUT2D eigenvalue weighted by Gasteiger charge is 2.02. The normalized spacial score (nSPS) is 9.50. The number of hydrogen-bond acceptors (Lipinski definition) is 3. The predicted molar refractivity (Wildman–Crippen MR) is 42.1 cm³/mol. The Hall–Kier alpha value is -0.510. The van der Waals surface area contributed by atoms with Crippen LogP contribution in [0.2, 0.25) is 10.0 Å². The number of halogens is 2. The van der Waals surface area contributed by atoms with Crippen molar-refractivity contribution in [2.45, 2.75) is 0 Å². The largest absolute Gasteiger partial charge is 0.307 e. The molecule has 0 aliphatic carbocycles. The van der Waals surface area contributed by atoms with Crippen LogP contribution in [0.1, 0.15) is 0 Å². The molecule has 0 amide bonds. The van der Waals surface area contributed by atoms with Crippen molar-refractivity contribution in [3.05, 3.63) is 22.3 Å². The number of nitrogens with one attached hydrogen (secondary N) is 1. The Labute approximate surface area is 68.1 Å². The fraction of sp³-hybridized carbons (Fsp3) is 0. The van der Waals surface area contributed by atoms with Gasteiger partial charge in [0.1, 0.15) is 5.02 Å². The summed E-state index contributed by atoms with van der Waals surface area (Å²) in [7, 11) is 0. The lowest BCUT2D eigenvalue weighted by Gasteiger charge is -2.00. The van der Waals surface area contributed by atoms with E-state index in [-0.39, 0.29) is 0 Å². The first kappa shape index (κ1) is 7.60. The van der Waals surface area contributed by atoms with Gasteiger partial charge in [-0.15, -0.1) is 0 Å². The van der Waals surface area contributed by atoms with E-state index in [1.54, 1.807) is 6.07 Å². The SMILES string of the molecule is NNc1nccc(Cl)c1Cl. The molecule has 5 heteroatoms. The molecule has 54 valence electrons. The number of hydrazine groups is 1. The summed E-state index contributed by atoms with van der Waals surface area (Å²) in [6.45, 7) is 0. The molecule has 1 rings (SSSR count). The molecular weight excluding hydrogens is 173 g/mol. The van der Waals surface area contributed by atoms with Gasteiger partial charge in [-0.1, -0.05) is 23.2 Å². The van der Waals surface area contributed by atoms with Crippen LogP contribution in [0.3, 0.4) is 0 Å². The van der Waals surface area contributed by atoms with Crippen LogP contribution in [0.25, 0.3) is 0 Å². The number of aromatic nitrogens is 1. The van der Waals surface area contributed by atoms with Crippen molar-refractivity contribution in [3.63, 3.8) is 0 Å². The fourth-order valence-electron chi connectivity index (χ4n) is 0.521. The zero-order chi connectivity index (χ0) is 7.56. The predicted octanol–water partition coefficient (Wildman–Crippen LogP) is 1.67. The van der Waals surface area contributed by atoms with Crippen molar-refractivity contribution >= 4 is 29.0 Å². The zero-order valence-electron chi connectivity index (χ0n) is 4.94. The summed E-state index contributed by atoms with van der Waals surface area (Å²) in [4.78, 5) is 3.81. The summed E-state index contributed by atoms with van der Waals surface area (Å²) in [6.07, 6.45) is 1.52. The molecule has 0 saturated heterocycles. The van der Waals surface area contributed by atoms with Crippen LogP contribution in [-0.2, 0) is 0 Å². The maximum absolute atomic E-state index is 5.66. The maximum atomic E-state index is 5.66. The molecule has 10 heavy (non-hydrogen) atoms. The first-order valence-corrected chi connectivity index (χ1v) is 3.28. The van der Waals surface area contributed by atoms with Gasteiger partial charge in [0.25, 0.3) is 0 Å². The summed E-state index contributed by atoms with van der Waals surface area (Å²) in [5.41, 5.74) is 2.31. The van der Waals surface area contributed by atoms with Gasteiger partial charge < -0.3 is 5.43 Å².